The van der Waals surface area contributed by atoms with Crippen molar-refractivity contribution in [3.05, 3.63) is 52.5 Å². The van der Waals surface area contributed by atoms with E-state index in [1.165, 1.54) is 0 Å². The Morgan fingerprint density at radius 1 is 1.15 bits per heavy atom. The van der Waals surface area contributed by atoms with Crippen molar-refractivity contribution in [2.24, 2.45) is 0 Å². The molecule has 104 valence electrons. The van der Waals surface area contributed by atoms with E-state index in [9.17, 15) is 4.79 Å². The molecule has 0 heterocycles. The summed E-state index contributed by atoms with van der Waals surface area (Å²) < 4.78 is 5.32. The first kappa shape index (κ1) is 14.5. The van der Waals surface area contributed by atoms with Gasteiger partial charge in [0.05, 0.1) is 16.4 Å². The van der Waals surface area contributed by atoms with Gasteiger partial charge in [-0.15, -0.1) is 0 Å². The highest BCUT2D eigenvalue weighted by atomic mass is 35.5. The number of amides is 1. The minimum Gasteiger partial charge on any atom is -0.484 e. The van der Waals surface area contributed by atoms with Gasteiger partial charge >= 0.3 is 0 Å². The number of halogens is 2. The molecule has 0 aliphatic carbocycles. The minimum atomic E-state index is -0.347. The summed E-state index contributed by atoms with van der Waals surface area (Å²) in [7, 11) is 0. The Hall–Kier alpha value is -1.91. The minimum absolute atomic E-state index is 0.147. The number of hydrogen-bond acceptors (Lipinski definition) is 3. The Kier molecular flexibility index (Phi) is 4.71. The molecule has 0 aliphatic rings. The highest BCUT2D eigenvalue weighted by Gasteiger charge is 2.09. The zero-order valence-electron chi connectivity index (χ0n) is 10.4. The van der Waals surface area contributed by atoms with Crippen LogP contribution in [-0.2, 0) is 4.79 Å². The van der Waals surface area contributed by atoms with Crippen molar-refractivity contribution in [3.63, 3.8) is 0 Å². The van der Waals surface area contributed by atoms with E-state index in [0.29, 0.717) is 27.2 Å². The molecule has 0 spiro atoms. The van der Waals surface area contributed by atoms with Gasteiger partial charge in [-0.05, 0) is 36.4 Å². The summed E-state index contributed by atoms with van der Waals surface area (Å²) in [6.45, 7) is -0.147. The van der Waals surface area contributed by atoms with Gasteiger partial charge in [-0.2, -0.15) is 0 Å². The first-order valence-electron chi connectivity index (χ1n) is 5.78. The summed E-state index contributed by atoms with van der Waals surface area (Å²) in [5.41, 5.74) is 6.53. The highest BCUT2D eigenvalue weighted by molar-refractivity contribution is 6.34. The van der Waals surface area contributed by atoms with Crippen molar-refractivity contribution in [1.82, 2.24) is 0 Å². The molecular formula is C14H12Cl2N2O2. The maximum Gasteiger partial charge on any atom is 0.262 e. The molecule has 2 aromatic rings. The van der Waals surface area contributed by atoms with E-state index in [1.807, 2.05) is 0 Å². The first-order valence-corrected chi connectivity index (χ1v) is 6.54. The van der Waals surface area contributed by atoms with Crippen molar-refractivity contribution in [2.75, 3.05) is 17.7 Å². The summed E-state index contributed by atoms with van der Waals surface area (Å²) in [6.07, 6.45) is 0. The van der Waals surface area contributed by atoms with Gasteiger partial charge in [0.15, 0.2) is 6.61 Å². The molecule has 0 radical (unpaired) electrons. The fraction of sp³-hybridized carbons (Fsp3) is 0.0714. The predicted octanol–water partition coefficient (Wildman–Crippen LogP) is 3.59. The molecule has 1 amide bonds. The number of rotatable bonds is 4. The monoisotopic (exact) mass is 310 g/mol. The van der Waals surface area contributed by atoms with Gasteiger partial charge in [-0.1, -0.05) is 29.3 Å². The molecule has 0 bridgehead atoms. The number of carbonyl (C=O) groups is 1. The average molecular weight is 311 g/mol. The van der Waals surface area contributed by atoms with Crippen molar-refractivity contribution >= 4 is 40.5 Å². The lowest BCUT2D eigenvalue weighted by Gasteiger charge is -2.10. The van der Waals surface area contributed by atoms with Crippen LogP contribution < -0.4 is 15.8 Å². The van der Waals surface area contributed by atoms with Crippen LogP contribution >= 0.6 is 23.2 Å². The van der Waals surface area contributed by atoms with Crippen LogP contribution in [-0.4, -0.2) is 12.5 Å². The van der Waals surface area contributed by atoms with E-state index in [4.69, 9.17) is 33.7 Å². The number of benzene rings is 2. The second-order valence-corrected chi connectivity index (χ2v) is 4.84. The largest absolute Gasteiger partial charge is 0.484 e. The number of nitrogen functional groups attached to an aromatic ring is 1. The molecule has 0 aliphatic heterocycles. The van der Waals surface area contributed by atoms with Crippen LogP contribution in [0.15, 0.2) is 42.5 Å². The summed E-state index contributed by atoms with van der Waals surface area (Å²) >= 11 is 11.7. The predicted molar refractivity (Wildman–Crippen MR) is 81.4 cm³/mol. The van der Waals surface area contributed by atoms with Gasteiger partial charge in [-0.25, -0.2) is 0 Å². The Bertz CT molecular complexity index is 595. The fourth-order valence-electron chi connectivity index (χ4n) is 1.53. The van der Waals surface area contributed by atoms with Crippen molar-refractivity contribution in [1.29, 1.82) is 0 Å². The zero-order valence-corrected chi connectivity index (χ0v) is 11.9. The maximum atomic E-state index is 11.8. The molecule has 4 nitrogen and oxygen atoms in total. The van der Waals surface area contributed by atoms with Gasteiger partial charge in [0.2, 0.25) is 0 Å². The van der Waals surface area contributed by atoms with E-state index in [0.717, 1.165) is 0 Å². The number of carbonyl (C=O) groups excluding carboxylic acids is 1. The molecule has 20 heavy (non-hydrogen) atoms. The quantitative estimate of drug-likeness (QED) is 0.848. The van der Waals surface area contributed by atoms with Gasteiger partial charge in [0.25, 0.3) is 5.91 Å². The van der Waals surface area contributed by atoms with Crippen LogP contribution in [0.25, 0.3) is 0 Å². The van der Waals surface area contributed by atoms with Crippen molar-refractivity contribution in [3.8, 4) is 5.75 Å². The Balaban J connectivity index is 1.94. The third kappa shape index (κ3) is 3.79. The number of ether oxygens (including phenoxy) is 1. The summed E-state index contributed by atoms with van der Waals surface area (Å²) in [5, 5.41) is 3.60. The Morgan fingerprint density at radius 2 is 1.85 bits per heavy atom. The van der Waals surface area contributed by atoms with Crippen LogP contribution in [0.1, 0.15) is 0 Å². The highest BCUT2D eigenvalue weighted by Crippen LogP contribution is 2.27. The van der Waals surface area contributed by atoms with E-state index in [1.54, 1.807) is 42.5 Å². The molecule has 2 rings (SSSR count). The topological polar surface area (TPSA) is 64.3 Å². The number of anilines is 2. The molecular weight excluding hydrogens is 299 g/mol. The van der Waals surface area contributed by atoms with Gasteiger partial charge in [0, 0.05) is 5.02 Å². The summed E-state index contributed by atoms with van der Waals surface area (Å²) in [4.78, 5) is 11.8. The van der Waals surface area contributed by atoms with Crippen LogP contribution in [0.3, 0.4) is 0 Å². The van der Waals surface area contributed by atoms with Crippen LogP contribution in [0, 0.1) is 0 Å². The third-order valence-corrected chi connectivity index (χ3v) is 3.06. The number of nitrogens with one attached hydrogen (secondary N) is 1. The second-order valence-electron chi connectivity index (χ2n) is 3.99. The molecule has 0 atom stereocenters. The third-order valence-electron chi connectivity index (χ3n) is 2.49. The zero-order chi connectivity index (χ0) is 14.5. The van der Waals surface area contributed by atoms with Gasteiger partial charge < -0.3 is 15.8 Å². The molecule has 6 heteroatoms. The van der Waals surface area contributed by atoms with E-state index in [-0.39, 0.29) is 12.5 Å². The first-order chi connectivity index (χ1) is 9.56. The Labute approximate surface area is 126 Å². The molecule has 0 saturated heterocycles. The van der Waals surface area contributed by atoms with E-state index >= 15 is 0 Å². The summed E-state index contributed by atoms with van der Waals surface area (Å²) in [5.74, 6) is 0.205. The molecule has 0 saturated carbocycles. The van der Waals surface area contributed by atoms with Crippen LogP contribution in [0.4, 0.5) is 11.4 Å². The van der Waals surface area contributed by atoms with Gasteiger partial charge in [0.1, 0.15) is 5.75 Å². The van der Waals surface area contributed by atoms with E-state index < -0.39 is 0 Å². The van der Waals surface area contributed by atoms with Crippen molar-refractivity contribution in [2.45, 2.75) is 0 Å². The molecule has 0 fully saturated rings. The SMILES string of the molecule is Nc1cccc(Cl)c1NC(=O)COc1ccc(Cl)cc1. The average Bonchev–Trinajstić information content (AvgIpc) is 2.42. The lowest BCUT2D eigenvalue weighted by Crippen LogP contribution is -2.21. The number of nitrogens with two attached hydrogens (primary N) is 1. The lowest BCUT2D eigenvalue weighted by molar-refractivity contribution is -0.118. The van der Waals surface area contributed by atoms with Crippen LogP contribution in [0.2, 0.25) is 10.0 Å². The standard InChI is InChI=1S/C14H12Cl2N2O2/c15-9-4-6-10(7-5-9)20-8-13(19)18-14-11(16)2-1-3-12(14)17/h1-7H,8,17H2,(H,18,19). The normalized spacial score (nSPS) is 10.1. The van der Waals surface area contributed by atoms with Crippen LogP contribution in [0.5, 0.6) is 5.75 Å². The number of hydrogen-bond donors (Lipinski definition) is 2. The molecule has 2 aromatic carbocycles. The lowest BCUT2D eigenvalue weighted by atomic mass is 10.2. The fourth-order valence-corrected chi connectivity index (χ4v) is 1.88. The Morgan fingerprint density at radius 3 is 2.50 bits per heavy atom. The molecule has 0 aromatic heterocycles. The van der Waals surface area contributed by atoms with Gasteiger partial charge in [-0.3, -0.25) is 4.79 Å². The smallest absolute Gasteiger partial charge is 0.262 e. The maximum absolute atomic E-state index is 11.8. The molecule has 0 unspecified atom stereocenters. The van der Waals surface area contributed by atoms with E-state index in [2.05, 4.69) is 5.32 Å². The molecule has 3 N–H and O–H groups in total. The second kappa shape index (κ2) is 6.50. The van der Waals surface area contributed by atoms with Crippen molar-refractivity contribution < 1.29 is 9.53 Å². The summed E-state index contributed by atoms with van der Waals surface area (Å²) in [6, 6.07) is 11.7. The number of para-hydroxylation sites is 1.